The summed E-state index contributed by atoms with van der Waals surface area (Å²) in [5, 5.41) is 17.4. The van der Waals surface area contributed by atoms with Crippen molar-refractivity contribution in [3.05, 3.63) is 45.8 Å². The Morgan fingerprint density at radius 2 is 1.90 bits per heavy atom. The fourth-order valence-electron chi connectivity index (χ4n) is 2.14. The van der Waals surface area contributed by atoms with Gasteiger partial charge in [0.15, 0.2) is 5.43 Å². The number of carboxylic acids is 1. The van der Waals surface area contributed by atoms with E-state index in [1.807, 2.05) is 0 Å². The summed E-state index contributed by atoms with van der Waals surface area (Å²) >= 11 is 0. The van der Waals surface area contributed by atoms with E-state index in [1.54, 1.807) is 0 Å². The number of benzene rings is 1. The maximum atomic E-state index is 13.9. The van der Waals surface area contributed by atoms with Crippen LogP contribution in [-0.4, -0.2) is 27.4 Å². The molecule has 0 saturated carbocycles. The molecule has 1 aromatic carbocycles. The second kappa shape index (κ2) is 5.38. The minimum Gasteiger partial charge on any atom is -0.481 e. The van der Waals surface area contributed by atoms with Gasteiger partial charge in [-0.15, -0.1) is 0 Å². The summed E-state index contributed by atoms with van der Waals surface area (Å²) in [6, 6.07) is 2.64. The van der Waals surface area contributed by atoms with Gasteiger partial charge in [0, 0.05) is 18.3 Å². The standard InChI is InChI=1S/C13H11F2NO4/c14-8-1-2-9(15)13-12(8)10(18)5-7(6-11(19)20)16(13)3-4-17/h1-2,5,17H,3-4,6H2,(H,19,20). The minimum absolute atomic E-state index is 0.00792. The van der Waals surface area contributed by atoms with Crippen molar-refractivity contribution in [1.82, 2.24) is 4.57 Å². The van der Waals surface area contributed by atoms with E-state index in [0.29, 0.717) is 0 Å². The van der Waals surface area contributed by atoms with Gasteiger partial charge < -0.3 is 14.8 Å². The number of aliphatic hydroxyl groups excluding tert-OH is 1. The van der Waals surface area contributed by atoms with E-state index in [4.69, 9.17) is 10.2 Å². The van der Waals surface area contributed by atoms with E-state index in [2.05, 4.69) is 0 Å². The topological polar surface area (TPSA) is 79.5 Å². The third kappa shape index (κ3) is 2.39. The molecule has 1 heterocycles. The Labute approximate surface area is 111 Å². The van der Waals surface area contributed by atoms with Crippen molar-refractivity contribution < 1.29 is 23.8 Å². The number of fused-ring (bicyclic) bond motifs is 1. The molecule has 2 aromatic rings. The van der Waals surface area contributed by atoms with Crippen LogP contribution in [0.5, 0.6) is 0 Å². The lowest BCUT2D eigenvalue weighted by atomic mass is 10.1. The van der Waals surface area contributed by atoms with Crippen molar-refractivity contribution >= 4 is 16.9 Å². The summed E-state index contributed by atoms with van der Waals surface area (Å²) in [6.45, 7) is -0.541. The lowest BCUT2D eigenvalue weighted by Crippen LogP contribution is -2.20. The average molecular weight is 283 g/mol. The highest BCUT2D eigenvalue weighted by molar-refractivity contribution is 5.81. The van der Waals surface area contributed by atoms with Crippen LogP contribution < -0.4 is 5.43 Å². The molecule has 0 amide bonds. The highest BCUT2D eigenvalue weighted by Gasteiger charge is 2.17. The molecule has 106 valence electrons. The van der Waals surface area contributed by atoms with Gasteiger partial charge in [-0.3, -0.25) is 9.59 Å². The second-order valence-electron chi connectivity index (χ2n) is 4.20. The number of hydrogen-bond acceptors (Lipinski definition) is 3. The zero-order valence-corrected chi connectivity index (χ0v) is 10.3. The van der Waals surface area contributed by atoms with Gasteiger partial charge in [-0.25, -0.2) is 8.78 Å². The largest absolute Gasteiger partial charge is 0.481 e. The molecule has 0 aliphatic carbocycles. The van der Waals surface area contributed by atoms with Crippen LogP contribution in [0.4, 0.5) is 8.78 Å². The van der Waals surface area contributed by atoms with E-state index in [-0.39, 0.29) is 17.8 Å². The number of aliphatic hydroxyl groups is 1. The number of halogens is 2. The molecule has 0 saturated heterocycles. The molecule has 5 nitrogen and oxygen atoms in total. The van der Waals surface area contributed by atoms with Gasteiger partial charge in [0.05, 0.1) is 23.9 Å². The van der Waals surface area contributed by atoms with Crippen LogP contribution in [0.3, 0.4) is 0 Å². The quantitative estimate of drug-likeness (QED) is 0.873. The Kier molecular flexibility index (Phi) is 3.80. The predicted molar refractivity (Wildman–Crippen MR) is 66.5 cm³/mol. The molecule has 0 bridgehead atoms. The number of aromatic nitrogens is 1. The van der Waals surface area contributed by atoms with Crippen molar-refractivity contribution in [2.45, 2.75) is 13.0 Å². The lowest BCUT2D eigenvalue weighted by Gasteiger charge is -2.15. The van der Waals surface area contributed by atoms with Gasteiger partial charge in [0.2, 0.25) is 0 Å². The van der Waals surface area contributed by atoms with Crippen molar-refractivity contribution in [2.24, 2.45) is 0 Å². The molecule has 0 fully saturated rings. The zero-order chi connectivity index (χ0) is 14.9. The molecule has 7 heteroatoms. The molecule has 20 heavy (non-hydrogen) atoms. The van der Waals surface area contributed by atoms with E-state index >= 15 is 0 Å². The van der Waals surface area contributed by atoms with Crippen molar-refractivity contribution in [3.8, 4) is 0 Å². The van der Waals surface area contributed by atoms with Crippen LogP contribution in [0.25, 0.3) is 10.9 Å². The van der Waals surface area contributed by atoms with Gasteiger partial charge in [0.25, 0.3) is 0 Å². The number of carbonyl (C=O) groups is 1. The van der Waals surface area contributed by atoms with Crippen molar-refractivity contribution in [1.29, 1.82) is 0 Å². The first-order valence-electron chi connectivity index (χ1n) is 5.78. The highest BCUT2D eigenvalue weighted by atomic mass is 19.1. The maximum absolute atomic E-state index is 13.9. The highest BCUT2D eigenvalue weighted by Crippen LogP contribution is 2.20. The fraction of sp³-hybridized carbons (Fsp3) is 0.231. The summed E-state index contributed by atoms with van der Waals surface area (Å²) in [7, 11) is 0. The van der Waals surface area contributed by atoms with Crippen LogP contribution in [-0.2, 0) is 17.8 Å². The number of aliphatic carboxylic acids is 1. The Morgan fingerprint density at radius 1 is 1.25 bits per heavy atom. The van der Waals surface area contributed by atoms with Gasteiger partial charge in [-0.1, -0.05) is 0 Å². The lowest BCUT2D eigenvalue weighted by molar-refractivity contribution is -0.136. The maximum Gasteiger partial charge on any atom is 0.309 e. The van der Waals surface area contributed by atoms with Gasteiger partial charge in [-0.05, 0) is 12.1 Å². The normalized spacial score (nSPS) is 10.9. The molecule has 0 radical (unpaired) electrons. The minimum atomic E-state index is -1.22. The molecule has 2 N–H and O–H groups in total. The first-order chi connectivity index (χ1) is 9.45. The monoisotopic (exact) mass is 283 g/mol. The predicted octanol–water partition coefficient (Wildman–Crippen LogP) is 0.899. The van der Waals surface area contributed by atoms with Crippen LogP contribution in [0.2, 0.25) is 0 Å². The first kappa shape index (κ1) is 14.1. The summed E-state index contributed by atoms with van der Waals surface area (Å²) < 4.78 is 28.7. The van der Waals surface area contributed by atoms with Crippen molar-refractivity contribution in [2.75, 3.05) is 6.61 Å². The summed E-state index contributed by atoms with van der Waals surface area (Å²) in [5.74, 6) is -2.95. The summed E-state index contributed by atoms with van der Waals surface area (Å²) in [4.78, 5) is 22.6. The van der Waals surface area contributed by atoms with E-state index in [0.717, 1.165) is 22.8 Å². The van der Waals surface area contributed by atoms with Gasteiger partial charge >= 0.3 is 5.97 Å². The third-order valence-electron chi connectivity index (χ3n) is 2.89. The Morgan fingerprint density at radius 3 is 2.50 bits per heavy atom. The van der Waals surface area contributed by atoms with Crippen LogP contribution in [0.1, 0.15) is 5.69 Å². The van der Waals surface area contributed by atoms with Gasteiger partial charge in [0.1, 0.15) is 11.6 Å². The molecular weight excluding hydrogens is 272 g/mol. The smallest absolute Gasteiger partial charge is 0.309 e. The number of hydrogen-bond donors (Lipinski definition) is 2. The average Bonchev–Trinajstić information content (AvgIpc) is 2.36. The summed E-state index contributed by atoms with van der Waals surface area (Å²) in [6.07, 6.45) is -0.527. The fourth-order valence-corrected chi connectivity index (χ4v) is 2.14. The molecule has 0 spiro atoms. The van der Waals surface area contributed by atoms with Crippen LogP contribution >= 0.6 is 0 Å². The SMILES string of the molecule is O=C(O)Cc1cc(=O)c2c(F)ccc(F)c2n1CCO. The molecule has 2 rings (SSSR count). The molecule has 0 aliphatic rings. The van der Waals surface area contributed by atoms with Crippen molar-refractivity contribution in [3.63, 3.8) is 0 Å². The molecule has 0 aliphatic heterocycles. The Balaban J connectivity index is 2.90. The molecule has 0 atom stereocenters. The van der Waals surface area contributed by atoms with Crippen LogP contribution in [0, 0.1) is 11.6 Å². The molecular formula is C13H11F2NO4. The first-order valence-corrected chi connectivity index (χ1v) is 5.78. The second-order valence-corrected chi connectivity index (χ2v) is 4.20. The van der Waals surface area contributed by atoms with Gasteiger partial charge in [-0.2, -0.15) is 0 Å². The summed E-state index contributed by atoms with van der Waals surface area (Å²) in [5.41, 5.74) is -1.11. The van der Waals surface area contributed by atoms with E-state index < -0.39 is 41.4 Å². The number of rotatable bonds is 4. The number of carboxylic acid groups (broad SMARTS) is 1. The third-order valence-corrected chi connectivity index (χ3v) is 2.89. The van der Waals surface area contributed by atoms with Crippen LogP contribution in [0.15, 0.2) is 23.0 Å². The van der Waals surface area contributed by atoms with E-state index in [1.165, 1.54) is 0 Å². The zero-order valence-electron chi connectivity index (χ0n) is 10.3. The molecule has 0 unspecified atom stereocenters. The molecule has 1 aromatic heterocycles. The number of pyridine rings is 1. The Hall–Kier alpha value is -2.28. The number of nitrogens with zero attached hydrogens (tertiary/aromatic N) is 1. The van der Waals surface area contributed by atoms with E-state index in [9.17, 15) is 18.4 Å². The Bertz CT molecular complexity index is 739.